The maximum absolute atomic E-state index is 11.7. The quantitative estimate of drug-likeness (QED) is 0.557. The zero-order chi connectivity index (χ0) is 16.7. The Morgan fingerprint density at radius 1 is 1.13 bits per heavy atom. The molecule has 1 unspecified atom stereocenters. The lowest BCUT2D eigenvalue weighted by Crippen LogP contribution is -2.38. The van der Waals surface area contributed by atoms with E-state index in [1.807, 2.05) is 30.3 Å². The molecule has 1 atom stereocenters. The summed E-state index contributed by atoms with van der Waals surface area (Å²) in [5.74, 6) is -0.690. The fraction of sp³-hybridized carbons (Fsp3) is 0.500. The van der Waals surface area contributed by atoms with Gasteiger partial charge in [-0.05, 0) is 24.8 Å². The molecule has 1 fully saturated rings. The molecule has 1 saturated heterocycles. The zero-order valence-corrected chi connectivity index (χ0v) is 13.8. The summed E-state index contributed by atoms with van der Waals surface area (Å²) in [6, 6.07) is 9.61. The highest BCUT2D eigenvalue weighted by Gasteiger charge is 2.29. The number of carbonyl (C=O) groups is 2. The molecule has 0 aromatic heterocycles. The van der Waals surface area contributed by atoms with Gasteiger partial charge in [0.2, 0.25) is 11.8 Å². The van der Waals surface area contributed by atoms with Crippen molar-refractivity contribution in [1.29, 1.82) is 0 Å². The summed E-state index contributed by atoms with van der Waals surface area (Å²) < 4.78 is 22.6. The van der Waals surface area contributed by atoms with Gasteiger partial charge in [0.1, 0.15) is 6.42 Å². The van der Waals surface area contributed by atoms with Crippen LogP contribution in [-0.2, 0) is 25.8 Å². The van der Waals surface area contributed by atoms with Gasteiger partial charge in [0.05, 0.1) is 11.5 Å². The SMILES string of the molecule is O=C(CC(=O)NC1CCS(=O)(=O)C1)NCCCc1ccccc1. The Balaban J connectivity index is 1.60. The van der Waals surface area contributed by atoms with Gasteiger partial charge in [-0.3, -0.25) is 9.59 Å². The second-order valence-electron chi connectivity index (χ2n) is 5.78. The van der Waals surface area contributed by atoms with Gasteiger partial charge in [-0.25, -0.2) is 8.42 Å². The Morgan fingerprint density at radius 2 is 1.87 bits per heavy atom. The van der Waals surface area contributed by atoms with Crippen LogP contribution in [0.25, 0.3) is 0 Å². The fourth-order valence-electron chi connectivity index (χ4n) is 2.56. The summed E-state index contributed by atoms with van der Waals surface area (Å²) in [5, 5.41) is 5.31. The summed E-state index contributed by atoms with van der Waals surface area (Å²) >= 11 is 0. The number of hydrogen-bond donors (Lipinski definition) is 2. The van der Waals surface area contributed by atoms with E-state index >= 15 is 0 Å². The van der Waals surface area contributed by atoms with Crippen molar-refractivity contribution in [1.82, 2.24) is 10.6 Å². The predicted molar refractivity (Wildman–Crippen MR) is 87.6 cm³/mol. The second-order valence-corrected chi connectivity index (χ2v) is 8.01. The van der Waals surface area contributed by atoms with E-state index in [4.69, 9.17) is 0 Å². The third-order valence-electron chi connectivity index (χ3n) is 3.73. The third-order valence-corrected chi connectivity index (χ3v) is 5.49. The molecule has 0 saturated carbocycles. The summed E-state index contributed by atoms with van der Waals surface area (Å²) in [6.07, 6.45) is 1.83. The number of aryl methyl sites for hydroxylation is 1. The van der Waals surface area contributed by atoms with E-state index in [1.165, 1.54) is 5.56 Å². The molecule has 0 bridgehead atoms. The van der Waals surface area contributed by atoms with Crippen molar-refractivity contribution >= 4 is 21.7 Å². The molecule has 126 valence electrons. The average molecular weight is 338 g/mol. The lowest BCUT2D eigenvalue weighted by atomic mass is 10.1. The molecule has 1 aromatic rings. The van der Waals surface area contributed by atoms with Gasteiger partial charge in [0.25, 0.3) is 0 Å². The Kier molecular flexibility index (Phi) is 6.15. The van der Waals surface area contributed by atoms with Crippen LogP contribution in [0.15, 0.2) is 30.3 Å². The first-order chi connectivity index (χ1) is 10.9. The summed E-state index contributed by atoms with van der Waals surface area (Å²) in [6.45, 7) is 0.513. The van der Waals surface area contributed by atoms with Crippen molar-refractivity contribution in [3.8, 4) is 0 Å². The molecule has 1 aliphatic rings. The van der Waals surface area contributed by atoms with Crippen LogP contribution in [0, 0.1) is 0 Å². The molecule has 2 N–H and O–H groups in total. The molecule has 2 rings (SSSR count). The molecule has 0 spiro atoms. The minimum Gasteiger partial charge on any atom is -0.356 e. The molecule has 1 heterocycles. The molecular weight excluding hydrogens is 316 g/mol. The molecule has 1 aromatic carbocycles. The van der Waals surface area contributed by atoms with Crippen molar-refractivity contribution in [3.63, 3.8) is 0 Å². The Bertz CT molecular complexity index is 643. The number of hydrogen-bond acceptors (Lipinski definition) is 4. The van der Waals surface area contributed by atoms with Crippen molar-refractivity contribution in [2.45, 2.75) is 31.7 Å². The van der Waals surface area contributed by atoms with Crippen molar-refractivity contribution in [2.75, 3.05) is 18.1 Å². The predicted octanol–water partition coefficient (Wildman–Crippen LogP) is 0.429. The normalized spacial score (nSPS) is 19.2. The maximum Gasteiger partial charge on any atom is 0.229 e. The highest BCUT2D eigenvalue weighted by molar-refractivity contribution is 7.91. The summed E-state index contributed by atoms with van der Waals surface area (Å²) in [7, 11) is -3.03. The van der Waals surface area contributed by atoms with E-state index in [0.717, 1.165) is 12.8 Å². The molecule has 2 amide bonds. The fourth-order valence-corrected chi connectivity index (χ4v) is 4.23. The minimum absolute atomic E-state index is 0.0303. The Morgan fingerprint density at radius 3 is 2.52 bits per heavy atom. The second kappa shape index (κ2) is 8.10. The molecule has 7 heteroatoms. The Hall–Kier alpha value is -1.89. The highest BCUT2D eigenvalue weighted by atomic mass is 32.2. The van der Waals surface area contributed by atoms with Crippen LogP contribution in [0.3, 0.4) is 0 Å². The molecule has 1 aliphatic heterocycles. The topological polar surface area (TPSA) is 92.3 Å². The number of nitrogens with one attached hydrogen (secondary N) is 2. The smallest absolute Gasteiger partial charge is 0.229 e. The van der Waals surface area contributed by atoms with E-state index in [1.54, 1.807) is 0 Å². The van der Waals surface area contributed by atoms with Crippen molar-refractivity contribution in [3.05, 3.63) is 35.9 Å². The number of rotatable bonds is 7. The van der Waals surface area contributed by atoms with Crippen LogP contribution in [0.4, 0.5) is 0 Å². The van der Waals surface area contributed by atoms with Crippen LogP contribution in [0.5, 0.6) is 0 Å². The third kappa shape index (κ3) is 6.40. The number of sulfone groups is 1. The number of benzene rings is 1. The maximum atomic E-state index is 11.7. The Labute approximate surface area is 136 Å². The standard InChI is InChI=1S/C16H22N2O4S/c19-15(17-9-4-7-13-5-2-1-3-6-13)11-16(20)18-14-8-10-23(21,22)12-14/h1-3,5-6,14H,4,7-12H2,(H,17,19)(H,18,20). The molecule has 23 heavy (non-hydrogen) atoms. The van der Waals surface area contributed by atoms with Gasteiger partial charge in [-0.15, -0.1) is 0 Å². The van der Waals surface area contributed by atoms with E-state index in [9.17, 15) is 18.0 Å². The van der Waals surface area contributed by atoms with Gasteiger partial charge >= 0.3 is 0 Å². The van der Waals surface area contributed by atoms with E-state index < -0.39 is 15.7 Å². The lowest BCUT2D eigenvalue weighted by Gasteiger charge is -2.10. The van der Waals surface area contributed by atoms with E-state index in [-0.39, 0.29) is 29.9 Å². The van der Waals surface area contributed by atoms with Crippen molar-refractivity contribution in [2.24, 2.45) is 0 Å². The molecule has 6 nitrogen and oxygen atoms in total. The number of carbonyl (C=O) groups excluding carboxylic acids is 2. The molecule has 0 radical (unpaired) electrons. The van der Waals surface area contributed by atoms with E-state index in [0.29, 0.717) is 13.0 Å². The highest BCUT2D eigenvalue weighted by Crippen LogP contribution is 2.11. The largest absolute Gasteiger partial charge is 0.356 e. The van der Waals surface area contributed by atoms with Crippen molar-refractivity contribution < 1.29 is 18.0 Å². The van der Waals surface area contributed by atoms with Crippen LogP contribution in [0.2, 0.25) is 0 Å². The molecule has 0 aliphatic carbocycles. The van der Waals surface area contributed by atoms with Crippen LogP contribution in [-0.4, -0.2) is 44.3 Å². The number of amides is 2. The van der Waals surface area contributed by atoms with E-state index in [2.05, 4.69) is 10.6 Å². The molecular formula is C16H22N2O4S. The van der Waals surface area contributed by atoms with Gasteiger partial charge in [-0.2, -0.15) is 0 Å². The zero-order valence-electron chi connectivity index (χ0n) is 13.0. The van der Waals surface area contributed by atoms with Gasteiger partial charge < -0.3 is 10.6 Å². The first kappa shape index (κ1) is 17.5. The first-order valence-electron chi connectivity index (χ1n) is 7.75. The summed E-state index contributed by atoms with van der Waals surface area (Å²) in [5.41, 5.74) is 1.21. The average Bonchev–Trinajstić information content (AvgIpc) is 2.83. The van der Waals surface area contributed by atoms with Crippen LogP contribution < -0.4 is 10.6 Å². The van der Waals surface area contributed by atoms with Crippen LogP contribution >= 0.6 is 0 Å². The summed E-state index contributed by atoms with van der Waals surface area (Å²) in [4.78, 5) is 23.4. The lowest BCUT2D eigenvalue weighted by molar-refractivity contribution is -0.129. The van der Waals surface area contributed by atoms with Gasteiger partial charge in [0, 0.05) is 12.6 Å². The monoisotopic (exact) mass is 338 g/mol. The van der Waals surface area contributed by atoms with Gasteiger partial charge in [0.15, 0.2) is 9.84 Å². The van der Waals surface area contributed by atoms with Crippen LogP contribution in [0.1, 0.15) is 24.8 Å². The van der Waals surface area contributed by atoms with Gasteiger partial charge in [-0.1, -0.05) is 30.3 Å². The first-order valence-corrected chi connectivity index (χ1v) is 9.57. The minimum atomic E-state index is -3.03.